The fourth-order valence-electron chi connectivity index (χ4n) is 3.48. The molecule has 1 N–H and O–H groups in total. The monoisotopic (exact) mass is 277 g/mol. The summed E-state index contributed by atoms with van der Waals surface area (Å²) in [5, 5.41) is 3.66. The van der Waals surface area contributed by atoms with Gasteiger partial charge in [0.15, 0.2) is 0 Å². The minimum Gasteiger partial charge on any atom is -0.335 e. The molecular formula is C17H31N3. The number of aromatic nitrogens is 2. The van der Waals surface area contributed by atoms with Crippen molar-refractivity contribution >= 4 is 0 Å². The van der Waals surface area contributed by atoms with Gasteiger partial charge in [-0.05, 0) is 50.6 Å². The van der Waals surface area contributed by atoms with E-state index in [0.29, 0.717) is 5.92 Å². The molecule has 1 heterocycles. The molecule has 114 valence electrons. The lowest BCUT2D eigenvalue weighted by atomic mass is 9.74. The van der Waals surface area contributed by atoms with Crippen molar-refractivity contribution in [3.8, 4) is 0 Å². The Bertz CT molecular complexity index is 397. The van der Waals surface area contributed by atoms with Crippen molar-refractivity contribution in [3.63, 3.8) is 0 Å². The van der Waals surface area contributed by atoms with Crippen molar-refractivity contribution in [2.45, 2.75) is 59.4 Å². The predicted octanol–water partition coefficient (Wildman–Crippen LogP) is 3.67. The van der Waals surface area contributed by atoms with Gasteiger partial charge in [0.05, 0.1) is 0 Å². The minimum absolute atomic E-state index is 0.633. The molecule has 0 aromatic carbocycles. The number of hydrogen-bond acceptors (Lipinski definition) is 2. The van der Waals surface area contributed by atoms with Crippen molar-refractivity contribution in [1.82, 2.24) is 14.9 Å². The van der Waals surface area contributed by atoms with E-state index in [2.05, 4.69) is 48.8 Å². The first-order valence-electron chi connectivity index (χ1n) is 8.33. The first kappa shape index (κ1) is 15.6. The van der Waals surface area contributed by atoms with Crippen molar-refractivity contribution in [2.75, 3.05) is 13.1 Å². The third-order valence-electron chi connectivity index (χ3n) is 4.63. The second-order valence-electron chi connectivity index (χ2n) is 6.91. The Morgan fingerprint density at radius 2 is 2.20 bits per heavy atom. The standard InChI is InChI=1S/C17H31N3/c1-5-20-9-8-19-17(20)16-10-14(4)6-7-15(16)12-18-11-13(2)3/h8-9,13-16,18H,5-7,10-12H2,1-4H3. The number of imidazole rings is 1. The summed E-state index contributed by atoms with van der Waals surface area (Å²) in [6.07, 6.45) is 8.11. The van der Waals surface area contributed by atoms with Crippen LogP contribution in [0.5, 0.6) is 0 Å². The summed E-state index contributed by atoms with van der Waals surface area (Å²) in [6, 6.07) is 0. The van der Waals surface area contributed by atoms with Crippen LogP contribution in [0.2, 0.25) is 0 Å². The van der Waals surface area contributed by atoms with E-state index >= 15 is 0 Å². The van der Waals surface area contributed by atoms with Crippen LogP contribution < -0.4 is 5.32 Å². The highest BCUT2D eigenvalue weighted by atomic mass is 15.1. The normalized spacial score (nSPS) is 27.1. The quantitative estimate of drug-likeness (QED) is 0.860. The van der Waals surface area contributed by atoms with E-state index in [0.717, 1.165) is 37.4 Å². The van der Waals surface area contributed by atoms with Gasteiger partial charge in [-0.1, -0.05) is 27.2 Å². The van der Waals surface area contributed by atoms with Gasteiger partial charge in [0, 0.05) is 24.9 Å². The molecule has 3 nitrogen and oxygen atoms in total. The zero-order chi connectivity index (χ0) is 14.5. The maximum absolute atomic E-state index is 4.67. The van der Waals surface area contributed by atoms with Crippen molar-refractivity contribution in [2.24, 2.45) is 17.8 Å². The number of aryl methyl sites for hydroxylation is 1. The molecule has 20 heavy (non-hydrogen) atoms. The average molecular weight is 277 g/mol. The maximum atomic E-state index is 4.67. The second-order valence-corrected chi connectivity index (χ2v) is 6.91. The highest BCUT2D eigenvalue weighted by Gasteiger charge is 2.32. The van der Waals surface area contributed by atoms with Gasteiger partial charge in [0.2, 0.25) is 0 Å². The molecule has 3 unspecified atom stereocenters. The predicted molar refractivity (Wildman–Crippen MR) is 84.9 cm³/mol. The smallest absolute Gasteiger partial charge is 0.112 e. The van der Waals surface area contributed by atoms with Crippen LogP contribution >= 0.6 is 0 Å². The first-order chi connectivity index (χ1) is 9.61. The fraction of sp³-hybridized carbons (Fsp3) is 0.824. The van der Waals surface area contributed by atoms with Crippen LogP contribution in [0.15, 0.2) is 12.4 Å². The lowest BCUT2D eigenvalue weighted by Crippen LogP contribution is -2.34. The van der Waals surface area contributed by atoms with Gasteiger partial charge in [-0.25, -0.2) is 4.98 Å². The summed E-state index contributed by atoms with van der Waals surface area (Å²) >= 11 is 0. The van der Waals surface area contributed by atoms with Gasteiger partial charge in [0.25, 0.3) is 0 Å². The molecule has 1 saturated carbocycles. The van der Waals surface area contributed by atoms with Gasteiger partial charge in [-0.2, -0.15) is 0 Å². The van der Waals surface area contributed by atoms with E-state index in [1.54, 1.807) is 0 Å². The lowest BCUT2D eigenvalue weighted by Gasteiger charge is -2.35. The maximum Gasteiger partial charge on any atom is 0.112 e. The van der Waals surface area contributed by atoms with E-state index in [-0.39, 0.29) is 0 Å². The topological polar surface area (TPSA) is 29.9 Å². The third-order valence-corrected chi connectivity index (χ3v) is 4.63. The zero-order valence-electron chi connectivity index (χ0n) is 13.6. The summed E-state index contributed by atoms with van der Waals surface area (Å²) in [7, 11) is 0. The Hall–Kier alpha value is -0.830. The molecule has 0 bridgehead atoms. The number of rotatable bonds is 6. The summed E-state index contributed by atoms with van der Waals surface area (Å²) < 4.78 is 2.33. The molecule has 0 radical (unpaired) electrons. The summed E-state index contributed by atoms with van der Waals surface area (Å²) in [5.74, 6) is 4.26. The number of nitrogens with one attached hydrogen (secondary N) is 1. The van der Waals surface area contributed by atoms with Gasteiger partial charge in [-0.15, -0.1) is 0 Å². The molecule has 0 spiro atoms. The van der Waals surface area contributed by atoms with Gasteiger partial charge >= 0.3 is 0 Å². The Balaban J connectivity index is 2.04. The molecule has 1 aromatic heterocycles. The van der Waals surface area contributed by atoms with Crippen molar-refractivity contribution in [1.29, 1.82) is 0 Å². The molecule has 3 heteroatoms. The first-order valence-corrected chi connectivity index (χ1v) is 8.33. The molecule has 0 saturated heterocycles. The van der Waals surface area contributed by atoms with E-state index in [4.69, 9.17) is 0 Å². The minimum atomic E-state index is 0.633. The molecule has 0 aliphatic heterocycles. The highest BCUT2D eigenvalue weighted by Crippen LogP contribution is 2.39. The highest BCUT2D eigenvalue weighted by molar-refractivity contribution is 5.05. The Morgan fingerprint density at radius 3 is 2.90 bits per heavy atom. The van der Waals surface area contributed by atoms with Crippen LogP contribution in [0.1, 0.15) is 58.7 Å². The Labute approximate surface area is 124 Å². The van der Waals surface area contributed by atoms with Crippen LogP contribution in [0.3, 0.4) is 0 Å². The Kier molecular flexibility index (Phi) is 5.64. The Morgan fingerprint density at radius 1 is 1.40 bits per heavy atom. The van der Waals surface area contributed by atoms with E-state index in [1.165, 1.54) is 25.1 Å². The summed E-state index contributed by atoms with van der Waals surface area (Å²) in [5.41, 5.74) is 0. The molecule has 1 fully saturated rings. The van der Waals surface area contributed by atoms with E-state index in [9.17, 15) is 0 Å². The zero-order valence-corrected chi connectivity index (χ0v) is 13.6. The van der Waals surface area contributed by atoms with Crippen molar-refractivity contribution in [3.05, 3.63) is 18.2 Å². The van der Waals surface area contributed by atoms with Gasteiger partial charge in [0.1, 0.15) is 5.82 Å². The molecule has 2 rings (SSSR count). The molecule has 3 atom stereocenters. The van der Waals surface area contributed by atoms with Crippen molar-refractivity contribution < 1.29 is 0 Å². The largest absolute Gasteiger partial charge is 0.335 e. The molecular weight excluding hydrogens is 246 g/mol. The van der Waals surface area contributed by atoms with Crippen LogP contribution in [-0.2, 0) is 6.54 Å². The number of hydrogen-bond donors (Lipinski definition) is 1. The fourth-order valence-corrected chi connectivity index (χ4v) is 3.48. The second kappa shape index (κ2) is 7.26. The average Bonchev–Trinajstić information content (AvgIpc) is 2.88. The van der Waals surface area contributed by atoms with Crippen LogP contribution in [0.4, 0.5) is 0 Å². The van der Waals surface area contributed by atoms with E-state index in [1.807, 2.05) is 6.20 Å². The third kappa shape index (κ3) is 3.85. The molecule has 1 aromatic rings. The van der Waals surface area contributed by atoms with Gasteiger partial charge < -0.3 is 9.88 Å². The molecule has 1 aliphatic rings. The van der Waals surface area contributed by atoms with Gasteiger partial charge in [-0.3, -0.25) is 0 Å². The molecule has 0 amide bonds. The molecule has 1 aliphatic carbocycles. The van der Waals surface area contributed by atoms with Crippen LogP contribution in [0, 0.1) is 17.8 Å². The lowest BCUT2D eigenvalue weighted by molar-refractivity contribution is 0.229. The van der Waals surface area contributed by atoms with Crippen LogP contribution in [-0.4, -0.2) is 22.6 Å². The SMILES string of the molecule is CCn1ccnc1C1CC(C)CCC1CNCC(C)C. The summed E-state index contributed by atoms with van der Waals surface area (Å²) in [6.45, 7) is 12.5. The summed E-state index contributed by atoms with van der Waals surface area (Å²) in [4.78, 5) is 4.67. The van der Waals surface area contributed by atoms with E-state index < -0.39 is 0 Å². The van der Waals surface area contributed by atoms with Crippen LogP contribution in [0.25, 0.3) is 0 Å². The number of nitrogens with zero attached hydrogens (tertiary/aromatic N) is 2.